The Morgan fingerprint density at radius 2 is 1.71 bits per heavy atom. The fourth-order valence-electron chi connectivity index (χ4n) is 2.80. The van der Waals surface area contributed by atoms with Gasteiger partial charge in [0.15, 0.2) is 11.6 Å². The van der Waals surface area contributed by atoms with Gasteiger partial charge in [0.1, 0.15) is 5.41 Å². The lowest BCUT2D eigenvalue weighted by Crippen LogP contribution is -2.30. The van der Waals surface area contributed by atoms with Crippen LogP contribution in [-0.4, -0.2) is 11.6 Å². The number of fused-ring (bicyclic) bond motifs is 1. The summed E-state index contributed by atoms with van der Waals surface area (Å²) in [7, 11) is 0. The molecule has 17 heavy (non-hydrogen) atoms. The number of benzene rings is 1. The largest absolute Gasteiger partial charge is 0.293 e. The topological polar surface area (TPSA) is 34.1 Å². The predicted molar refractivity (Wildman–Crippen MR) is 65.1 cm³/mol. The first-order valence-corrected chi connectivity index (χ1v) is 5.69. The molecule has 0 heterocycles. The van der Waals surface area contributed by atoms with Crippen LogP contribution in [-0.2, 0) is 0 Å². The average molecular weight is 224 g/mol. The highest BCUT2D eigenvalue weighted by Gasteiger charge is 2.53. The van der Waals surface area contributed by atoms with Crippen LogP contribution in [0.5, 0.6) is 0 Å². The van der Waals surface area contributed by atoms with E-state index < -0.39 is 5.41 Å². The molecule has 2 nitrogen and oxygen atoms in total. The van der Waals surface area contributed by atoms with Gasteiger partial charge in [0.2, 0.25) is 0 Å². The second-order valence-electron chi connectivity index (χ2n) is 4.65. The third-order valence-corrected chi connectivity index (χ3v) is 3.77. The van der Waals surface area contributed by atoms with Crippen LogP contribution in [0.1, 0.15) is 33.6 Å². The third-order valence-electron chi connectivity index (χ3n) is 3.77. The van der Waals surface area contributed by atoms with Gasteiger partial charge in [0.25, 0.3) is 0 Å². The van der Waals surface area contributed by atoms with E-state index in [0.717, 1.165) is 5.57 Å². The lowest BCUT2D eigenvalue weighted by Gasteiger charge is -2.18. The normalized spacial score (nSPS) is 20.6. The molecule has 1 aromatic rings. The predicted octanol–water partition coefficient (Wildman–Crippen LogP) is 2.96. The highest BCUT2D eigenvalue weighted by molar-refractivity contribution is 6.30. The molecule has 0 bridgehead atoms. The number of Topliss-reactive ketones (excluding diaryl/α,β-unsaturated/α-hetero) is 2. The van der Waals surface area contributed by atoms with Gasteiger partial charge in [-0.05, 0) is 12.8 Å². The standard InChI is InChI=1S/C15H12O2/c1-2-10-7-8-15(9-10)13(16)11-5-3-4-6-12(11)14(15)17/h2-7H,1,8-9H2. The van der Waals surface area contributed by atoms with Crippen molar-refractivity contribution in [2.75, 3.05) is 0 Å². The van der Waals surface area contributed by atoms with Crippen LogP contribution in [0.2, 0.25) is 0 Å². The fraction of sp³-hybridized carbons (Fsp3) is 0.200. The molecule has 0 fully saturated rings. The van der Waals surface area contributed by atoms with Gasteiger partial charge in [-0.15, -0.1) is 0 Å². The zero-order chi connectivity index (χ0) is 12.0. The Kier molecular flexibility index (Phi) is 1.96. The van der Waals surface area contributed by atoms with Gasteiger partial charge in [-0.25, -0.2) is 0 Å². The molecule has 0 saturated carbocycles. The monoisotopic (exact) mass is 224 g/mol. The van der Waals surface area contributed by atoms with Crippen LogP contribution in [0.25, 0.3) is 0 Å². The maximum Gasteiger partial charge on any atom is 0.178 e. The number of carbonyl (C=O) groups excluding carboxylic acids is 2. The van der Waals surface area contributed by atoms with Gasteiger partial charge in [-0.1, -0.05) is 48.6 Å². The van der Waals surface area contributed by atoms with Crippen LogP contribution in [0.3, 0.4) is 0 Å². The van der Waals surface area contributed by atoms with Crippen molar-refractivity contribution in [2.24, 2.45) is 5.41 Å². The number of allylic oxidation sites excluding steroid dienone is 3. The van der Waals surface area contributed by atoms with Crippen LogP contribution in [0, 0.1) is 5.41 Å². The number of hydrogen-bond donors (Lipinski definition) is 0. The smallest absolute Gasteiger partial charge is 0.178 e. The maximum atomic E-state index is 12.4. The summed E-state index contributed by atoms with van der Waals surface area (Å²) in [4.78, 5) is 24.8. The van der Waals surface area contributed by atoms with Gasteiger partial charge in [-0.3, -0.25) is 9.59 Å². The quantitative estimate of drug-likeness (QED) is 0.687. The molecule has 0 aliphatic heterocycles. The SMILES string of the molecule is C=CC1=CCC2(C1)C(=O)c1ccccc1C2=O. The van der Waals surface area contributed by atoms with Crippen molar-refractivity contribution in [1.82, 2.24) is 0 Å². The highest BCUT2D eigenvalue weighted by Crippen LogP contribution is 2.48. The first-order valence-electron chi connectivity index (χ1n) is 5.69. The van der Waals surface area contributed by atoms with Gasteiger partial charge in [0, 0.05) is 11.1 Å². The van der Waals surface area contributed by atoms with E-state index in [1.54, 1.807) is 30.3 Å². The molecule has 0 amide bonds. The maximum absolute atomic E-state index is 12.4. The van der Waals surface area contributed by atoms with E-state index >= 15 is 0 Å². The molecule has 0 unspecified atom stereocenters. The van der Waals surface area contributed by atoms with E-state index in [1.165, 1.54) is 0 Å². The molecule has 3 rings (SSSR count). The van der Waals surface area contributed by atoms with E-state index in [2.05, 4.69) is 6.58 Å². The summed E-state index contributed by atoms with van der Waals surface area (Å²) in [5, 5.41) is 0. The Hall–Kier alpha value is -1.96. The molecule has 2 aliphatic rings. The van der Waals surface area contributed by atoms with E-state index in [1.807, 2.05) is 6.08 Å². The summed E-state index contributed by atoms with van der Waals surface area (Å²) in [6.45, 7) is 3.71. The summed E-state index contributed by atoms with van der Waals surface area (Å²) in [5.74, 6) is -0.0441. The van der Waals surface area contributed by atoms with E-state index in [4.69, 9.17) is 0 Å². The fourth-order valence-corrected chi connectivity index (χ4v) is 2.80. The van der Waals surface area contributed by atoms with Gasteiger partial charge in [-0.2, -0.15) is 0 Å². The minimum Gasteiger partial charge on any atom is -0.293 e. The van der Waals surface area contributed by atoms with Crippen LogP contribution in [0.15, 0.2) is 48.6 Å². The molecule has 2 aliphatic carbocycles. The van der Waals surface area contributed by atoms with Crippen molar-refractivity contribution in [1.29, 1.82) is 0 Å². The molecule has 84 valence electrons. The zero-order valence-corrected chi connectivity index (χ0v) is 9.40. The van der Waals surface area contributed by atoms with Gasteiger partial charge in [0.05, 0.1) is 0 Å². The van der Waals surface area contributed by atoms with E-state index in [-0.39, 0.29) is 11.6 Å². The van der Waals surface area contributed by atoms with Gasteiger partial charge >= 0.3 is 0 Å². The Morgan fingerprint density at radius 1 is 1.12 bits per heavy atom. The lowest BCUT2D eigenvalue weighted by molar-refractivity contribution is 0.0712. The lowest BCUT2D eigenvalue weighted by atomic mass is 9.79. The summed E-state index contributed by atoms with van der Waals surface area (Å²) >= 11 is 0. The number of hydrogen-bond acceptors (Lipinski definition) is 2. The second-order valence-corrected chi connectivity index (χ2v) is 4.65. The van der Waals surface area contributed by atoms with Crippen molar-refractivity contribution in [2.45, 2.75) is 12.8 Å². The van der Waals surface area contributed by atoms with Crippen LogP contribution in [0.4, 0.5) is 0 Å². The Labute approximate surface area is 99.6 Å². The zero-order valence-electron chi connectivity index (χ0n) is 9.40. The molecule has 1 aromatic carbocycles. The minimum absolute atomic E-state index is 0.0220. The van der Waals surface area contributed by atoms with Crippen LogP contribution >= 0.6 is 0 Å². The molecular weight excluding hydrogens is 212 g/mol. The third kappa shape index (κ3) is 1.15. The first kappa shape index (κ1) is 10.2. The van der Waals surface area contributed by atoms with Crippen molar-refractivity contribution in [3.63, 3.8) is 0 Å². The number of ketones is 2. The molecule has 1 spiro atoms. The number of carbonyl (C=O) groups is 2. The van der Waals surface area contributed by atoms with Crippen molar-refractivity contribution in [3.05, 3.63) is 59.7 Å². The minimum atomic E-state index is -0.854. The van der Waals surface area contributed by atoms with E-state index in [0.29, 0.717) is 24.0 Å². The van der Waals surface area contributed by atoms with E-state index in [9.17, 15) is 9.59 Å². The summed E-state index contributed by atoms with van der Waals surface area (Å²) in [5.41, 5.74) is 1.31. The van der Waals surface area contributed by atoms with Crippen molar-refractivity contribution < 1.29 is 9.59 Å². The summed E-state index contributed by atoms with van der Waals surface area (Å²) in [6, 6.07) is 7.10. The van der Waals surface area contributed by atoms with Crippen LogP contribution < -0.4 is 0 Å². The summed E-state index contributed by atoms with van der Waals surface area (Å²) < 4.78 is 0. The Balaban J connectivity index is 2.11. The molecule has 0 atom stereocenters. The van der Waals surface area contributed by atoms with Crippen molar-refractivity contribution >= 4 is 11.6 Å². The summed E-state index contributed by atoms with van der Waals surface area (Å²) in [6.07, 6.45) is 4.70. The Bertz CT molecular complexity index is 543. The molecular formula is C15H12O2. The first-order chi connectivity index (χ1) is 8.19. The average Bonchev–Trinajstić information content (AvgIpc) is 2.89. The molecule has 0 saturated heterocycles. The van der Waals surface area contributed by atoms with Gasteiger partial charge < -0.3 is 0 Å². The highest BCUT2D eigenvalue weighted by atomic mass is 16.2. The molecule has 0 aromatic heterocycles. The molecule has 0 N–H and O–H groups in total. The Morgan fingerprint density at radius 3 is 2.18 bits per heavy atom. The van der Waals surface area contributed by atoms with Crippen molar-refractivity contribution in [3.8, 4) is 0 Å². The molecule has 0 radical (unpaired) electrons. The number of rotatable bonds is 1. The molecule has 2 heteroatoms. The second kappa shape index (κ2) is 3.27.